The van der Waals surface area contributed by atoms with Crippen LogP contribution in [0.4, 0.5) is 5.82 Å². The maximum Gasteiger partial charge on any atom is 0.272 e. The number of hydrazine groups is 1. The smallest absolute Gasteiger partial charge is 0.272 e. The lowest BCUT2D eigenvalue weighted by Gasteiger charge is -2.02. The first kappa shape index (κ1) is 12.0. The van der Waals surface area contributed by atoms with Gasteiger partial charge in [-0.25, -0.2) is 5.84 Å². The van der Waals surface area contributed by atoms with Crippen molar-refractivity contribution in [3.63, 3.8) is 0 Å². The number of nitrogens with two attached hydrogens (primary N) is 1. The molecule has 8 heteroatoms. The average molecular weight is 248 g/mol. The Morgan fingerprint density at radius 2 is 2.28 bits per heavy atom. The second-order valence-electron chi connectivity index (χ2n) is 3.57. The number of hydrogen-bond acceptors (Lipinski definition) is 7. The summed E-state index contributed by atoms with van der Waals surface area (Å²) < 4.78 is 4.96. The summed E-state index contributed by atoms with van der Waals surface area (Å²) in [5, 5.41) is 13.8. The van der Waals surface area contributed by atoms with E-state index in [-0.39, 0.29) is 18.1 Å². The molecule has 94 valence electrons. The number of hydrogen-bond donors (Lipinski definition) is 3. The van der Waals surface area contributed by atoms with Crippen LogP contribution in [0.1, 0.15) is 21.9 Å². The molecule has 0 bridgehead atoms. The summed E-state index contributed by atoms with van der Waals surface area (Å²) in [6.45, 7) is 2.05. The summed E-state index contributed by atoms with van der Waals surface area (Å²) in [6, 6.07) is 4.82. The average Bonchev–Trinajstić information content (AvgIpc) is 2.82. The summed E-state index contributed by atoms with van der Waals surface area (Å²) in [7, 11) is 0. The Kier molecular flexibility index (Phi) is 3.49. The largest absolute Gasteiger partial charge is 0.359 e. The highest BCUT2D eigenvalue weighted by atomic mass is 16.5. The Morgan fingerprint density at radius 3 is 2.83 bits per heavy atom. The van der Waals surface area contributed by atoms with Gasteiger partial charge in [-0.3, -0.25) is 4.79 Å². The third kappa shape index (κ3) is 2.80. The van der Waals surface area contributed by atoms with Crippen molar-refractivity contribution in [2.75, 3.05) is 5.43 Å². The first-order valence-corrected chi connectivity index (χ1v) is 5.20. The summed E-state index contributed by atoms with van der Waals surface area (Å²) in [4.78, 5) is 11.7. The van der Waals surface area contributed by atoms with Gasteiger partial charge in [-0.15, -0.1) is 10.2 Å². The molecule has 0 radical (unpaired) electrons. The molecule has 0 atom stereocenters. The minimum Gasteiger partial charge on any atom is -0.359 e. The lowest BCUT2D eigenvalue weighted by molar-refractivity contribution is 0.0941. The van der Waals surface area contributed by atoms with E-state index >= 15 is 0 Å². The van der Waals surface area contributed by atoms with E-state index in [1.165, 1.54) is 6.07 Å². The number of nitrogen functional groups attached to an aromatic ring is 1. The van der Waals surface area contributed by atoms with Crippen LogP contribution in [0.5, 0.6) is 0 Å². The predicted octanol–water partition coefficient (Wildman–Crippen LogP) is -0.0114. The zero-order valence-electron chi connectivity index (χ0n) is 9.67. The van der Waals surface area contributed by atoms with Crippen LogP contribution in [0.15, 0.2) is 22.7 Å². The van der Waals surface area contributed by atoms with Gasteiger partial charge in [0.25, 0.3) is 5.91 Å². The fraction of sp³-hybridized carbons (Fsp3) is 0.200. The first-order chi connectivity index (χ1) is 8.69. The molecular weight excluding hydrogens is 236 g/mol. The number of rotatable bonds is 4. The topological polar surface area (TPSA) is 119 Å². The molecule has 18 heavy (non-hydrogen) atoms. The maximum atomic E-state index is 11.7. The highest BCUT2D eigenvalue weighted by Gasteiger charge is 2.09. The van der Waals surface area contributed by atoms with Crippen molar-refractivity contribution in [3.05, 3.63) is 35.3 Å². The molecule has 0 aromatic carbocycles. The van der Waals surface area contributed by atoms with E-state index in [2.05, 4.69) is 26.1 Å². The van der Waals surface area contributed by atoms with Crippen molar-refractivity contribution in [3.8, 4) is 0 Å². The second-order valence-corrected chi connectivity index (χ2v) is 3.57. The Morgan fingerprint density at radius 1 is 1.44 bits per heavy atom. The first-order valence-electron chi connectivity index (χ1n) is 5.20. The number of carbonyl (C=O) groups excluding carboxylic acids is 1. The van der Waals surface area contributed by atoms with Crippen LogP contribution in [0.2, 0.25) is 0 Å². The summed E-state index contributed by atoms with van der Waals surface area (Å²) >= 11 is 0. The molecule has 0 saturated heterocycles. The number of anilines is 1. The minimum absolute atomic E-state index is 0.199. The molecule has 0 saturated carbocycles. The van der Waals surface area contributed by atoms with E-state index in [4.69, 9.17) is 10.4 Å². The van der Waals surface area contributed by atoms with Crippen molar-refractivity contribution >= 4 is 11.7 Å². The van der Waals surface area contributed by atoms with Crippen molar-refractivity contribution in [1.29, 1.82) is 0 Å². The number of amides is 1. The summed E-state index contributed by atoms with van der Waals surface area (Å²) in [5.74, 6) is 5.76. The zero-order valence-corrected chi connectivity index (χ0v) is 9.67. The molecule has 2 aromatic heterocycles. The fourth-order valence-electron chi connectivity index (χ4n) is 1.29. The lowest BCUT2D eigenvalue weighted by atomic mass is 10.3. The van der Waals surface area contributed by atoms with Gasteiger partial charge in [0.2, 0.25) is 0 Å². The molecule has 0 unspecified atom stereocenters. The van der Waals surface area contributed by atoms with Gasteiger partial charge in [0.15, 0.2) is 17.3 Å². The molecule has 2 rings (SSSR count). The summed E-state index contributed by atoms with van der Waals surface area (Å²) in [6.07, 6.45) is 0. The number of aromatic nitrogens is 3. The molecule has 4 N–H and O–H groups in total. The van der Waals surface area contributed by atoms with Crippen LogP contribution in [0.3, 0.4) is 0 Å². The highest BCUT2D eigenvalue weighted by Crippen LogP contribution is 2.03. The lowest BCUT2D eigenvalue weighted by Crippen LogP contribution is -2.24. The molecule has 2 heterocycles. The molecular formula is C10H12N6O2. The van der Waals surface area contributed by atoms with Gasteiger partial charge in [-0.1, -0.05) is 5.16 Å². The van der Waals surface area contributed by atoms with Gasteiger partial charge in [0, 0.05) is 6.07 Å². The fourth-order valence-corrected chi connectivity index (χ4v) is 1.29. The Balaban J connectivity index is 1.94. The van der Waals surface area contributed by atoms with Crippen LogP contribution in [0, 0.1) is 6.92 Å². The van der Waals surface area contributed by atoms with E-state index < -0.39 is 0 Å². The van der Waals surface area contributed by atoms with Gasteiger partial charge in [-0.2, -0.15) is 0 Å². The van der Waals surface area contributed by atoms with E-state index in [1.807, 2.05) is 0 Å². The molecule has 0 spiro atoms. The third-order valence-corrected chi connectivity index (χ3v) is 2.15. The SMILES string of the molecule is Cc1cc(CNC(=O)c2ccc(NN)nn2)on1. The van der Waals surface area contributed by atoms with E-state index in [1.54, 1.807) is 19.1 Å². The van der Waals surface area contributed by atoms with Crippen molar-refractivity contribution in [2.45, 2.75) is 13.5 Å². The Hall–Kier alpha value is -2.48. The quantitative estimate of drug-likeness (QED) is 0.514. The standard InChI is InChI=1S/C10H12N6O2/c1-6-4-7(18-16-6)5-12-10(17)8-2-3-9(13-11)15-14-8/h2-4H,5,11H2,1H3,(H,12,17)(H,13,15). The zero-order chi connectivity index (χ0) is 13.0. The van der Waals surface area contributed by atoms with Crippen LogP contribution < -0.4 is 16.6 Å². The van der Waals surface area contributed by atoms with Crippen molar-refractivity contribution in [1.82, 2.24) is 20.7 Å². The van der Waals surface area contributed by atoms with Crippen LogP contribution in [0.25, 0.3) is 0 Å². The van der Waals surface area contributed by atoms with Gasteiger partial charge in [0.05, 0.1) is 12.2 Å². The number of carbonyl (C=O) groups is 1. The number of aryl methyl sites for hydroxylation is 1. The van der Waals surface area contributed by atoms with Gasteiger partial charge in [-0.05, 0) is 19.1 Å². The van der Waals surface area contributed by atoms with Crippen molar-refractivity contribution < 1.29 is 9.32 Å². The Labute approximate surface area is 103 Å². The highest BCUT2D eigenvalue weighted by molar-refractivity contribution is 5.92. The second kappa shape index (κ2) is 5.23. The molecule has 0 fully saturated rings. The molecule has 0 aliphatic carbocycles. The van der Waals surface area contributed by atoms with Crippen LogP contribution in [-0.4, -0.2) is 21.3 Å². The third-order valence-electron chi connectivity index (χ3n) is 2.15. The molecule has 0 aliphatic heterocycles. The van der Waals surface area contributed by atoms with Gasteiger partial charge >= 0.3 is 0 Å². The molecule has 1 amide bonds. The molecule has 2 aromatic rings. The van der Waals surface area contributed by atoms with E-state index in [0.29, 0.717) is 11.6 Å². The van der Waals surface area contributed by atoms with Crippen LogP contribution in [-0.2, 0) is 6.54 Å². The van der Waals surface area contributed by atoms with Gasteiger partial charge < -0.3 is 15.3 Å². The van der Waals surface area contributed by atoms with E-state index in [0.717, 1.165) is 5.69 Å². The number of nitrogens with zero attached hydrogens (tertiary/aromatic N) is 3. The monoisotopic (exact) mass is 248 g/mol. The van der Waals surface area contributed by atoms with E-state index in [9.17, 15) is 4.79 Å². The predicted molar refractivity (Wildman–Crippen MR) is 62.3 cm³/mol. The molecule has 0 aliphatic rings. The summed E-state index contributed by atoms with van der Waals surface area (Å²) in [5.41, 5.74) is 3.29. The van der Waals surface area contributed by atoms with Gasteiger partial charge in [0.1, 0.15) is 0 Å². The Bertz CT molecular complexity index is 536. The number of nitrogens with one attached hydrogen (secondary N) is 2. The minimum atomic E-state index is -0.347. The molecule has 8 nitrogen and oxygen atoms in total. The van der Waals surface area contributed by atoms with Crippen LogP contribution >= 0.6 is 0 Å². The maximum absolute atomic E-state index is 11.7. The normalized spacial score (nSPS) is 10.1. The van der Waals surface area contributed by atoms with Crippen molar-refractivity contribution in [2.24, 2.45) is 5.84 Å².